The van der Waals surface area contributed by atoms with Gasteiger partial charge in [-0.15, -0.1) is 0 Å². The molecule has 2 heterocycles. The summed E-state index contributed by atoms with van der Waals surface area (Å²) in [5, 5.41) is 6.09. The summed E-state index contributed by atoms with van der Waals surface area (Å²) >= 11 is 0. The molecule has 3 aliphatic rings. The van der Waals surface area contributed by atoms with Gasteiger partial charge in [0.2, 0.25) is 5.91 Å². The quantitative estimate of drug-likeness (QED) is 0.704. The number of rotatable bonds is 5. The molecule has 1 spiro atoms. The summed E-state index contributed by atoms with van der Waals surface area (Å²) in [5.41, 5.74) is -0.672. The lowest BCUT2D eigenvalue weighted by Crippen LogP contribution is -2.51. The molecular weight excluding hydrogens is 356 g/mol. The summed E-state index contributed by atoms with van der Waals surface area (Å²) in [4.78, 5) is 41.4. The van der Waals surface area contributed by atoms with Crippen molar-refractivity contribution in [1.82, 2.24) is 20.4 Å². The van der Waals surface area contributed by atoms with E-state index >= 15 is 0 Å². The van der Waals surface area contributed by atoms with Crippen molar-refractivity contribution >= 4 is 17.8 Å². The Morgan fingerprint density at radius 3 is 2.32 bits per heavy atom. The maximum atomic E-state index is 13.0. The molecule has 1 unspecified atom stereocenters. The van der Waals surface area contributed by atoms with Gasteiger partial charge in [0.05, 0.1) is 6.67 Å². The Hall–Kier alpha value is -1.63. The Labute approximate surface area is 168 Å². The molecule has 0 aromatic heterocycles. The number of imide groups is 1. The van der Waals surface area contributed by atoms with Crippen molar-refractivity contribution in [3.05, 3.63) is 0 Å². The molecule has 7 heteroatoms. The SMILES string of the molecule is CC1CCC2(CC1)NC(=O)N(CN1CCC(C(=O)NC(C)C(C)C)CC1)C2=O. The maximum absolute atomic E-state index is 13.0. The number of hydrogen-bond donors (Lipinski definition) is 2. The van der Waals surface area contributed by atoms with Gasteiger partial charge in [-0.2, -0.15) is 0 Å². The van der Waals surface area contributed by atoms with Crippen LogP contribution in [0, 0.1) is 17.8 Å². The summed E-state index contributed by atoms with van der Waals surface area (Å²) in [5.74, 6) is 1.12. The summed E-state index contributed by atoms with van der Waals surface area (Å²) in [7, 11) is 0. The number of likely N-dealkylation sites (tertiary alicyclic amines) is 1. The van der Waals surface area contributed by atoms with Crippen LogP contribution in [-0.2, 0) is 9.59 Å². The monoisotopic (exact) mass is 392 g/mol. The number of carbonyl (C=O) groups is 3. The molecule has 7 nitrogen and oxygen atoms in total. The smallest absolute Gasteiger partial charge is 0.326 e. The third kappa shape index (κ3) is 4.34. The first-order valence-electron chi connectivity index (χ1n) is 10.9. The van der Waals surface area contributed by atoms with Crippen molar-refractivity contribution in [1.29, 1.82) is 0 Å². The van der Waals surface area contributed by atoms with E-state index in [0.717, 1.165) is 51.6 Å². The number of amides is 4. The lowest BCUT2D eigenvalue weighted by Gasteiger charge is -2.35. The van der Waals surface area contributed by atoms with Gasteiger partial charge in [-0.05, 0) is 57.3 Å². The average Bonchev–Trinajstić information content (AvgIpc) is 2.89. The molecular formula is C21H36N4O3. The Balaban J connectivity index is 1.50. The fraction of sp³-hybridized carbons (Fsp3) is 0.857. The highest BCUT2D eigenvalue weighted by Gasteiger charge is 2.52. The minimum absolute atomic E-state index is 0.0201. The van der Waals surface area contributed by atoms with Gasteiger partial charge in [0, 0.05) is 25.0 Å². The molecule has 2 N–H and O–H groups in total. The molecule has 1 atom stereocenters. The molecule has 158 valence electrons. The zero-order chi connectivity index (χ0) is 20.5. The zero-order valence-electron chi connectivity index (χ0n) is 17.8. The molecule has 3 rings (SSSR count). The highest BCUT2D eigenvalue weighted by atomic mass is 16.2. The van der Waals surface area contributed by atoms with Gasteiger partial charge in [-0.1, -0.05) is 20.8 Å². The van der Waals surface area contributed by atoms with Crippen LogP contribution in [0.15, 0.2) is 0 Å². The fourth-order valence-corrected chi connectivity index (χ4v) is 4.44. The number of urea groups is 1. The molecule has 2 saturated heterocycles. The third-order valence-electron chi connectivity index (χ3n) is 7.04. The Morgan fingerprint density at radius 1 is 1.14 bits per heavy atom. The van der Waals surface area contributed by atoms with Crippen LogP contribution in [0.2, 0.25) is 0 Å². The van der Waals surface area contributed by atoms with Crippen molar-refractivity contribution in [2.45, 2.75) is 77.8 Å². The number of nitrogens with one attached hydrogen (secondary N) is 2. The van der Waals surface area contributed by atoms with Gasteiger partial charge < -0.3 is 10.6 Å². The predicted molar refractivity (Wildman–Crippen MR) is 107 cm³/mol. The average molecular weight is 393 g/mol. The molecule has 0 bridgehead atoms. The van der Waals surface area contributed by atoms with Gasteiger partial charge in [-0.3, -0.25) is 14.5 Å². The summed E-state index contributed by atoms with van der Waals surface area (Å²) < 4.78 is 0. The van der Waals surface area contributed by atoms with Gasteiger partial charge >= 0.3 is 6.03 Å². The number of piperidine rings is 1. The van der Waals surface area contributed by atoms with E-state index in [9.17, 15) is 14.4 Å². The molecule has 2 aliphatic heterocycles. The predicted octanol–water partition coefficient (Wildman–Crippen LogP) is 2.32. The lowest BCUT2D eigenvalue weighted by molar-refractivity contribution is -0.135. The maximum Gasteiger partial charge on any atom is 0.326 e. The minimum atomic E-state index is -0.672. The molecule has 3 fully saturated rings. The summed E-state index contributed by atoms with van der Waals surface area (Å²) in [6, 6.07) is -0.0870. The van der Waals surface area contributed by atoms with Crippen LogP contribution < -0.4 is 10.6 Å². The molecule has 0 aromatic rings. The number of carbonyl (C=O) groups excluding carboxylic acids is 3. The molecule has 28 heavy (non-hydrogen) atoms. The largest absolute Gasteiger partial charge is 0.353 e. The van der Waals surface area contributed by atoms with Crippen LogP contribution in [0.4, 0.5) is 4.79 Å². The van der Waals surface area contributed by atoms with E-state index in [0.29, 0.717) is 18.5 Å². The first kappa shape index (κ1) is 21.1. The van der Waals surface area contributed by atoms with E-state index in [2.05, 4.69) is 36.3 Å². The van der Waals surface area contributed by atoms with Crippen LogP contribution in [0.5, 0.6) is 0 Å². The van der Waals surface area contributed by atoms with Crippen molar-refractivity contribution < 1.29 is 14.4 Å². The minimum Gasteiger partial charge on any atom is -0.353 e. The normalized spacial score (nSPS) is 30.8. The van der Waals surface area contributed by atoms with E-state index < -0.39 is 5.54 Å². The van der Waals surface area contributed by atoms with Gasteiger partial charge in [0.15, 0.2) is 0 Å². The van der Waals surface area contributed by atoms with Crippen molar-refractivity contribution in [3.63, 3.8) is 0 Å². The van der Waals surface area contributed by atoms with Gasteiger partial charge in [0.25, 0.3) is 5.91 Å². The van der Waals surface area contributed by atoms with Gasteiger partial charge in [0.1, 0.15) is 5.54 Å². The van der Waals surface area contributed by atoms with Crippen molar-refractivity contribution in [2.24, 2.45) is 17.8 Å². The number of hydrogen-bond acceptors (Lipinski definition) is 4. The van der Waals surface area contributed by atoms with Crippen LogP contribution in [0.3, 0.4) is 0 Å². The van der Waals surface area contributed by atoms with Crippen LogP contribution in [0.25, 0.3) is 0 Å². The van der Waals surface area contributed by atoms with Crippen LogP contribution >= 0.6 is 0 Å². The third-order valence-corrected chi connectivity index (χ3v) is 7.04. The standard InChI is InChI=1S/C21H36N4O3/c1-14(2)16(4)22-18(26)17-7-11-24(12-8-17)13-25-19(27)21(23-20(25)28)9-5-15(3)6-10-21/h14-17H,5-13H2,1-4H3,(H,22,26)(H,23,28). The molecule has 4 amide bonds. The van der Waals surface area contributed by atoms with E-state index in [1.807, 2.05) is 6.92 Å². The van der Waals surface area contributed by atoms with Crippen LogP contribution in [0.1, 0.15) is 66.2 Å². The fourth-order valence-electron chi connectivity index (χ4n) is 4.44. The Morgan fingerprint density at radius 2 is 1.75 bits per heavy atom. The summed E-state index contributed by atoms with van der Waals surface area (Å²) in [6.07, 6.45) is 4.98. The second-order valence-electron chi connectivity index (χ2n) is 9.50. The van der Waals surface area contributed by atoms with E-state index in [1.54, 1.807) is 0 Å². The van der Waals surface area contributed by atoms with Crippen LogP contribution in [-0.4, -0.2) is 59.0 Å². The zero-order valence-corrected chi connectivity index (χ0v) is 17.8. The highest BCUT2D eigenvalue weighted by molar-refractivity contribution is 6.07. The Bertz CT molecular complexity index is 605. The van der Waals surface area contributed by atoms with Crippen molar-refractivity contribution in [2.75, 3.05) is 19.8 Å². The number of nitrogens with zero attached hydrogens (tertiary/aromatic N) is 2. The first-order chi connectivity index (χ1) is 13.2. The second kappa shape index (κ2) is 8.39. The van der Waals surface area contributed by atoms with E-state index in [4.69, 9.17) is 0 Å². The van der Waals surface area contributed by atoms with E-state index in [-0.39, 0.29) is 29.8 Å². The summed E-state index contributed by atoms with van der Waals surface area (Å²) in [6.45, 7) is 10.2. The molecule has 1 saturated carbocycles. The molecule has 0 radical (unpaired) electrons. The first-order valence-corrected chi connectivity index (χ1v) is 10.9. The molecule has 1 aliphatic carbocycles. The van der Waals surface area contributed by atoms with Crippen molar-refractivity contribution in [3.8, 4) is 0 Å². The second-order valence-corrected chi connectivity index (χ2v) is 9.50. The topological polar surface area (TPSA) is 81.8 Å². The van der Waals surface area contributed by atoms with Gasteiger partial charge in [-0.25, -0.2) is 9.69 Å². The highest BCUT2D eigenvalue weighted by Crippen LogP contribution is 2.36. The molecule has 0 aromatic carbocycles. The Kier molecular flexibility index (Phi) is 6.32. The van der Waals surface area contributed by atoms with E-state index in [1.165, 1.54) is 4.90 Å². The lowest BCUT2D eigenvalue weighted by atomic mass is 9.77.